The van der Waals surface area contributed by atoms with Crippen molar-refractivity contribution in [2.24, 2.45) is 0 Å². The normalized spacial score (nSPS) is 12.8. The molecule has 1 aliphatic heterocycles. The highest BCUT2D eigenvalue weighted by atomic mass is 79.9. The average molecular weight is 282 g/mol. The number of carbonyl (C=O) groups is 1. The van der Waals surface area contributed by atoms with E-state index in [-0.39, 0.29) is 5.91 Å². The number of halogens is 1. The van der Waals surface area contributed by atoms with Crippen LogP contribution in [0.2, 0.25) is 0 Å². The lowest BCUT2D eigenvalue weighted by molar-refractivity contribution is 0.0957. The highest BCUT2D eigenvalue weighted by molar-refractivity contribution is 9.11. The molecular formula is C12H12BrNO2. The van der Waals surface area contributed by atoms with Gasteiger partial charge in [-0.25, -0.2) is 0 Å². The van der Waals surface area contributed by atoms with Crippen LogP contribution in [0.25, 0.3) is 0 Å². The number of fused-ring (bicyclic) bond motifs is 1. The molecule has 2 rings (SSSR count). The van der Waals surface area contributed by atoms with Crippen molar-refractivity contribution in [2.45, 2.75) is 6.42 Å². The van der Waals surface area contributed by atoms with Gasteiger partial charge in [-0.2, -0.15) is 0 Å². The van der Waals surface area contributed by atoms with Gasteiger partial charge in [-0.15, -0.1) is 0 Å². The largest absolute Gasteiger partial charge is 0.493 e. The second-order valence-corrected chi connectivity index (χ2v) is 4.74. The first-order valence-electron chi connectivity index (χ1n) is 5.04. The molecule has 0 saturated carbocycles. The zero-order chi connectivity index (χ0) is 11.5. The maximum atomic E-state index is 11.7. The van der Waals surface area contributed by atoms with Crippen LogP contribution in [0.3, 0.4) is 0 Å². The van der Waals surface area contributed by atoms with E-state index in [1.165, 1.54) is 0 Å². The molecule has 1 aromatic rings. The number of hydrogen-bond donors (Lipinski definition) is 1. The lowest BCUT2D eigenvalue weighted by Gasteiger charge is -2.05. The Morgan fingerprint density at radius 1 is 1.56 bits per heavy atom. The first-order chi connectivity index (χ1) is 7.66. The molecule has 16 heavy (non-hydrogen) atoms. The van der Waals surface area contributed by atoms with E-state index in [1.54, 1.807) is 6.07 Å². The molecule has 0 aromatic heterocycles. The van der Waals surface area contributed by atoms with Crippen LogP contribution in [-0.2, 0) is 6.42 Å². The monoisotopic (exact) mass is 281 g/mol. The summed E-state index contributed by atoms with van der Waals surface area (Å²) in [5.41, 5.74) is 1.77. The van der Waals surface area contributed by atoms with Gasteiger partial charge in [-0.1, -0.05) is 22.5 Å². The molecule has 3 nitrogen and oxygen atoms in total. The Morgan fingerprint density at radius 3 is 3.12 bits per heavy atom. The molecule has 1 N–H and O–H groups in total. The molecule has 1 aliphatic rings. The predicted molar refractivity (Wildman–Crippen MR) is 66.0 cm³/mol. The minimum absolute atomic E-state index is 0.0877. The molecule has 1 aromatic carbocycles. The number of hydrogen-bond acceptors (Lipinski definition) is 2. The number of rotatable bonds is 3. The summed E-state index contributed by atoms with van der Waals surface area (Å²) >= 11 is 3.20. The zero-order valence-electron chi connectivity index (χ0n) is 8.75. The van der Waals surface area contributed by atoms with Crippen molar-refractivity contribution in [3.63, 3.8) is 0 Å². The maximum Gasteiger partial charge on any atom is 0.251 e. The summed E-state index contributed by atoms with van der Waals surface area (Å²) in [6, 6.07) is 5.51. The van der Waals surface area contributed by atoms with Crippen LogP contribution < -0.4 is 10.1 Å². The van der Waals surface area contributed by atoms with Crippen LogP contribution in [0.4, 0.5) is 0 Å². The molecular weight excluding hydrogens is 270 g/mol. The third kappa shape index (κ3) is 2.44. The van der Waals surface area contributed by atoms with Crippen LogP contribution >= 0.6 is 15.9 Å². The molecule has 0 fully saturated rings. The van der Waals surface area contributed by atoms with Gasteiger partial charge in [0.05, 0.1) is 6.61 Å². The SMILES string of the molecule is C=C(Br)CNC(=O)c1ccc2c(c1)CCO2. The highest BCUT2D eigenvalue weighted by Gasteiger charge is 2.14. The Bertz CT molecular complexity index is 443. The van der Waals surface area contributed by atoms with Gasteiger partial charge in [0.25, 0.3) is 5.91 Å². The Hall–Kier alpha value is -1.29. The van der Waals surface area contributed by atoms with Crippen molar-refractivity contribution in [3.05, 3.63) is 40.4 Å². The summed E-state index contributed by atoms with van der Waals surface area (Å²) < 4.78 is 6.13. The highest BCUT2D eigenvalue weighted by Crippen LogP contribution is 2.25. The fourth-order valence-electron chi connectivity index (χ4n) is 1.61. The van der Waals surface area contributed by atoms with Crippen LogP contribution in [0.15, 0.2) is 29.3 Å². The summed E-state index contributed by atoms with van der Waals surface area (Å²) in [4.78, 5) is 11.7. The van der Waals surface area contributed by atoms with Gasteiger partial charge in [-0.3, -0.25) is 4.79 Å². The quantitative estimate of drug-likeness (QED) is 0.923. The van der Waals surface area contributed by atoms with Crippen molar-refractivity contribution < 1.29 is 9.53 Å². The molecule has 0 unspecified atom stereocenters. The Kier molecular flexibility index (Phi) is 3.29. The van der Waals surface area contributed by atoms with Crippen LogP contribution in [-0.4, -0.2) is 19.1 Å². The summed E-state index contributed by atoms with van der Waals surface area (Å²) in [6.07, 6.45) is 0.877. The maximum absolute atomic E-state index is 11.7. The topological polar surface area (TPSA) is 38.3 Å². The van der Waals surface area contributed by atoms with Crippen molar-refractivity contribution in [3.8, 4) is 5.75 Å². The van der Waals surface area contributed by atoms with Gasteiger partial charge in [0.1, 0.15) is 5.75 Å². The number of carbonyl (C=O) groups excluding carboxylic acids is 1. The van der Waals surface area contributed by atoms with Crippen molar-refractivity contribution >= 4 is 21.8 Å². The third-order valence-electron chi connectivity index (χ3n) is 2.39. The number of ether oxygens (including phenoxy) is 1. The van der Waals surface area contributed by atoms with Gasteiger partial charge in [-0.05, 0) is 23.8 Å². The van der Waals surface area contributed by atoms with Crippen LogP contribution in [0.1, 0.15) is 15.9 Å². The smallest absolute Gasteiger partial charge is 0.251 e. The summed E-state index contributed by atoms with van der Waals surface area (Å²) in [5, 5.41) is 2.76. The minimum Gasteiger partial charge on any atom is -0.493 e. The molecule has 0 radical (unpaired) electrons. The van der Waals surface area contributed by atoms with Gasteiger partial charge >= 0.3 is 0 Å². The Morgan fingerprint density at radius 2 is 2.38 bits per heavy atom. The molecule has 0 bridgehead atoms. The fourth-order valence-corrected chi connectivity index (χ4v) is 1.75. The lowest BCUT2D eigenvalue weighted by Crippen LogP contribution is -2.24. The Balaban J connectivity index is 2.09. The summed E-state index contributed by atoms with van der Waals surface area (Å²) in [6.45, 7) is 4.80. The molecule has 0 atom stereocenters. The predicted octanol–water partition coefficient (Wildman–Crippen LogP) is 2.26. The van der Waals surface area contributed by atoms with E-state index in [2.05, 4.69) is 27.8 Å². The molecule has 0 spiro atoms. The molecule has 0 aliphatic carbocycles. The van der Waals surface area contributed by atoms with Gasteiger partial charge in [0.15, 0.2) is 0 Å². The van der Waals surface area contributed by atoms with E-state index < -0.39 is 0 Å². The molecule has 84 valence electrons. The molecule has 1 heterocycles. The average Bonchev–Trinajstić information content (AvgIpc) is 2.72. The van der Waals surface area contributed by atoms with Gasteiger partial charge in [0, 0.05) is 23.0 Å². The first-order valence-corrected chi connectivity index (χ1v) is 5.83. The number of nitrogens with one attached hydrogen (secondary N) is 1. The van der Waals surface area contributed by atoms with Crippen molar-refractivity contribution in [1.29, 1.82) is 0 Å². The molecule has 0 saturated heterocycles. The fraction of sp³-hybridized carbons (Fsp3) is 0.250. The van der Waals surface area contributed by atoms with Crippen LogP contribution in [0.5, 0.6) is 5.75 Å². The van der Waals surface area contributed by atoms with Crippen LogP contribution in [0, 0.1) is 0 Å². The minimum atomic E-state index is -0.0877. The van der Waals surface area contributed by atoms with Crippen molar-refractivity contribution in [1.82, 2.24) is 5.32 Å². The standard InChI is InChI=1S/C12H12BrNO2/c1-8(13)7-14-12(15)10-2-3-11-9(6-10)4-5-16-11/h2-3,6H,1,4-5,7H2,(H,14,15). The van der Waals surface area contributed by atoms with E-state index in [1.807, 2.05) is 12.1 Å². The van der Waals surface area contributed by atoms with Gasteiger partial charge in [0.2, 0.25) is 0 Å². The lowest BCUT2D eigenvalue weighted by atomic mass is 10.1. The zero-order valence-corrected chi connectivity index (χ0v) is 10.3. The van der Waals surface area contributed by atoms with Gasteiger partial charge < -0.3 is 10.1 Å². The third-order valence-corrected chi connectivity index (χ3v) is 2.67. The number of benzene rings is 1. The molecule has 1 amide bonds. The second kappa shape index (κ2) is 4.70. The van der Waals surface area contributed by atoms with E-state index in [0.29, 0.717) is 18.7 Å². The summed E-state index contributed by atoms with van der Waals surface area (Å²) in [7, 11) is 0. The summed E-state index contributed by atoms with van der Waals surface area (Å²) in [5.74, 6) is 0.803. The second-order valence-electron chi connectivity index (χ2n) is 3.62. The number of amides is 1. The van der Waals surface area contributed by atoms with Crippen molar-refractivity contribution in [2.75, 3.05) is 13.2 Å². The molecule has 4 heteroatoms. The van der Waals surface area contributed by atoms with E-state index in [0.717, 1.165) is 22.2 Å². The first kappa shape index (κ1) is 11.2. The van der Waals surface area contributed by atoms with E-state index in [9.17, 15) is 4.79 Å². The Labute approximate surface area is 103 Å². The van der Waals surface area contributed by atoms with E-state index in [4.69, 9.17) is 4.74 Å². The van der Waals surface area contributed by atoms with E-state index >= 15 is 0 Å².